The van der Waals surface area contributed by atoms with E-state index in [0.717, 1.165) is 22.6 Å². The van der Waals surface area contributed by atoms with Crippen molar-refractivity contribution in [1.29, 1.82) is 0 Å². The quantitative estimate of drug-likeness (QED) is 0.672. The number of rotatable bonds is 6. The number of carbonyl (C=O) groups excluding carboxylic acids is 1. The van der Waals surface area contributed by atoms with Crippen molar-refractivity contribution < 1.29 is 9.90 Å². The molecule has 7 nitrogen and oxygen atoms in total. The third kappa shape index (κ3) is 5.15. The monoisotopic (exact) mass is 471 g/mol. The Morgan fingerprint density at radius 3 is 2.61 bits per heavy atom. The highest BCUT2D eigenvalue weighted by Gasteiger charge is 2.37. The number of nitrogens with one attached hydrogen (secondary N) is 1. The van der Waals surface area contributed by atoms with E-state index in [1.807, 2.05) is 29.2 Å². The van der Waals surface area contributed by atoms with Gasteiger partial charge in [0.2, 0.25) is 5.91 Å². The second-order valence-corrected chi connectivity index (χ2v) is 10.1. The fourth-order valence-electron chi connectivity index (χ4n) is 5.10. The van der Waals surface area contributed by atoms with Crippen LogP contribution in [0.25, 0.3) is 0 Å². The van der Waals surface area contributed by atoms with E-state index in [4.69, 9.17) is 11.6 Å². The first kappa shape index (κ1) is 23.9. The molecule has 1 aliphatic heterocycles. The third-order valence-corrected chi connectivity index (χ3v) is 6.93. The van der Waals surface area contributed by atoms with Crippen LogP contribution in [-0.2, 0) is 11.2 Å². The van der Waals surface area contributed by atoms with E-state index in [1.165, 1.54) is 0 Å². The van der Waals surface area contributed by atoms with Crippen molar-refractivity contribution in [3.63, 3.8) is 0 Å². The van der Waals surface area contributed by atoms with E-state index >= 15 is 0 Å². The Kier molecular flexibility index (Phi) is 7.22. The van der Waals surface area contributed by atoms with Crippen LogP contribution < -0.4 is 10.2 Å². The summed E-state index contributed by atoms with van der Waals surface area (Å²) in [5.74, 6) is 1.25. The summed E-state index contributed by atoms with van der Waals surface area (Å²) in [6.45, 7) is 10.3. The number of aromatic nitrogens is 2. The molecule has 4 rings (SSSR count). The van der Waals surface area contributed by atoms with Gasteiger partial charge in [-0.1, -0.05) is 44.5 Å². The molecule has 178 valence electrons. The van der Waals surface area contributed by atoms with Crippen molar-refractivity contribution in [2.75, 3.05) is 24.5 Å². The van der Waals surface area contributed by atoms with E-state index in [-0.39, 0.29) is 30.0 Å². The molecule has 0 radical (unpaired) electrons. The number of piperazine rings is 1. The summed E-state index contributed by atoms with van der Waals surface area (Å²) in [6, 6.07) is 7.72. The van der Waals surface area contributed by atoms with Crippen LogP contribution in [0.2, 0.25) is 5.02 Å². The van der Waals surface area contributed by atoms with Gasteiger partial charge in [-0.3, -0.25) is 4.79 Å². The molecule has 0 bridgehead atoms. The number of hydrogen-bond donors (Lipinski definition) is 2. The summed E-state index contributed by atoms with van der Waals surface area (Å²) in [6.07, 6.45) is 2.33. The molecule has 1 saturated heterocycles. The van der Waals surface area contributed by atoms with Crippen LogP contribution >= 0.6 is 11.6 Å². The largest absolute Gasteiger partial charge is 0.387 e. The predicted molar refractivity (Wildman–Crippen MR) is 131 cm³/mol. The van der Waals surface area contributed by atoms with Crippen molar-refractivity contribution in [3.05, 3.63) is 52.4 Å². The molecule has 1 aromatic carbocycles. The van der Waals surface area contributed by atoms with Gasteiger partial charge in [-0.15, -0.1) is 0 Å². The van der Waals surface area contributed by atoms with Crippen molar-refractivity contribution in [3.8, 4) is 0 Å². The summed E-state index contributed by atoms with van der Waals surface area (Å²) in [7, 11) is 0. The Bertz CT molecular complexity index is 983. The van der Waals surface area contributed by atoms with Crippen LogP contribution in [0.4, 0.5) is 5.82 Å². The second-order valence-electron chi connectivity index (χ2n) is 9.68. The topological polar surface area (TPSA) is 81.6 Å². The lowest BCUT2D eigenvalue weighted by Crippen LogP contribution is -2.58. The SMILES string of the molecule is CC(C)N[C@H](Cc1ccc(Cl)cc1)C(=O)N1CCN(c2ncnc3c2[C@H](C)C[C@H]3O)C(C)C1. The molecule has 2 aromatic rings. The number of amides is 1. The molecule has 8 heteroatoms. The lowest BCUT2D eigenvalue weighted by atomic mass is 10.0. The van der Waals surface area contributed by atoms with Gasteiger partial charge >= 0.3 is 0 Å². The number of halogens is 1. The molecular weight excluding hydrogens is 438 g/mol. The third-order valence-electron chi connectivity index (χ3n) is 6.68. The molecule has 1 aromatic heterocycles. The van der Waals surface area contributed by atoms with Crippen LogP contribution in [0, 0.1) is 0 Å². The molecular formula is C25H34ClN5O2. The van der Waals surface area contributed by atoms with Gasteiger partial charge in [0.15, 0.2) is 0 Å². The number of carbonyl (C=O) groups is 1. The average Bonchev–Trinajstić information content (AvgIpc) is 3.08. The Hall–Kier alpha value is -2.22. The summed E-state index contributed by atoms with van der Waals surface area (Å²) >= 11 is 6.03. The maximum absolute atomic E-state index is 13.5. The van der Waals surface area contributed by atoms with Crippen molar-refractivity contribution in [1.82, 2.24) is 20.2 Å². The van der Waals surface area contributed by atoms with Gasteiger partial charge in [-0.2, -0.15) is 0 Å². The van der Waals surface area contributed by atoms with Crippen molar-refractivity contribution in [2.45, 2.75) is 70.7 Å². The first-order chi connectivity index (χ1) is 15.7. The number of fused-ring (bicyclic) bond motifs is 1. The number of hydrogen-bond acceptors (Lipinski definition) is 6. The number of aliphatic hydroxyl groups is 1. The number of benzene rings is 1. The van der Waals surface area contributed by atoms with Crippen molar-refractivity contribution >= 4 is 23.3 Å². The lowest BCUT2D eigenvalue weighted by molar-refractivity contribution is -0.134. The molecule has 2 aliphatic rings. The van der Waals surface area contributed by atoms with Gasteiger partial charge in [-0.25, -0.2) is 9.97 Å². The Labute approximate surface area is 201 Å². The van der Waals surface area contributed by atoms with Crippen LogP contribution in [0.15, 0.2) is 30.6 Å². The van der Waals surface area contributed by atoms with Crippen LogP contribution in [0.5, 0.6) is 0 Å². The second kappa shape index (κ2) is 9.95. The van der Waals surface area contributed by atoms with Crippen LogP contribution in [-0.4, -0.2) is 63.6 Å². The lowest BCUT2D eigenvalue weighted by Gasteiger charge is -2.42. The summed E-state index contributed by atoms with van der Waals surface area (Å²) in [5.41, 5.74) is 2.89. The van der Waals surface area contributed by atoms with Crippen molar-refractivity contribution in [2.24, 2.45) is 0 Å². The molecule has 4 atom stereocenters. The maximum Gasteiger partial charge on any atom is 0.240 e. The highest BCUT2D eigenvalue weighted by molar-refractivity contribution is 6.30. The Morgan fingerprint density at radius 2 is 1.94 bits per heavy atom. The van der Waals surface area contributed by atoms with Gasteiger partial charge in [0.25, 0.3) is 0 Å². The molecule has 1 amide bonds. The molecule has 33 heavy (non-hydrogen) atoms. The fourth-order valence-corrected chi connectivity index (χ4v) is 5.23. The maximum atomic E-state index is 13.5. The Morgan fingerprint density at radius 1 is 1.21 bits per heavy atom. The smallest absolute Gasteiger partial charge is 0.240 e. The Balaban J connectivity index is 1.48. The highest BCUT2D eigenvalue weighted by Crippen LogP contribution is 2.43. The minimum absolute atomic E-state index is 0.113. The van der Waals surface area contributed by atoms with E-state index in [9.17, 15) is 9.90 Å². The predicted octanol–water partition coefficient (Wildman–Crippen LogP) is 3.32. The molecule has 2 heterocycles. The molecule has 1 fully saturated rings. The standard InChI is InChI=1S/C25H34ClN5O2/c1-15(2)29-20(12-18-5-7-19(26)8-6-18)25(33)30-9-10-31(17(4)13-30)24-22-16(3)11-21(32)23(22)27-14-28-24/h5-8,14-17,20-21,29,32H,9-13H2,1-4H3/t16-,17?,20-,21-/m1/s1. The normalized spacial score (nSPS) is 23.7. The number of nitrogens with zero attached hydrogens (tertiary/aromatic N) is 4. The van der Waals surface area contributed by atoms with Gasteiger partial charge in [0, 0.05) is 42.3 Å². The summed E-state index contributed by atoms with van der Waals surface area (Å²) in [5, 5.41) is 14.5. The minimum Gasteiger partial charge on any atom is -0.387 e. The van der Waals surface area contributed by atoms with E-state index in [0.29, 0.717) is 37.5 Å². The molecule has 1 unspecified atom stereocenters. The molecule has 0 saturated carbocycles. The molecule has 0 spiro atoms. The summed E-state index contributed by atoms with van der Waals surface area (Å²) in [4.78, 5) is 26.7. The molecule has 2 N–H and O–H groups in total. The first-order valence-electron chi connectivity index (χ1n) is 11.8. The first-order valence-corrected chi connectivity index (χ1v) is 12.2. The zero-order valence-corrected chi connectivity index (χ0v) is 20.6. The zero-order valence-electron chi connectivity index (χ0n) is 19.8. The fraction of sp³-hybridized carbons (Fsp3) is 0.560. The van der Waals surface area contributed by atoms with Gasteiger partial charge in [0.1, 0.15) is 12.1 Å². The van der Waals surface area contributed by atoms with Gasteiger partial charge in [-0.05, 0) is 43.4 Å². The van der Waals surface area contributed by atoms with Gasteiger partial charge < -0.3 is 20.2 Å². The van der Waals surface area contributed by atoms with Crippen LogP contribution in [0.3, 0.4) is 0 Å². The van der Waals surface area contributed by atoms with E-state index < -0.39 is 6.10 Å². The average molecular weight is 472 g/mol. The summed E-state index contributed by atoms with van der Waals surface area (Å²) < 4.78 is 0. The van der Waals surface area contributed by atoms with E-state index in [1.54, 1.807) is 6.33 Å². The number of aliphatic hydroxyl groups excluding tert-OH is 1. The molecule has 1 aliphatic carbocycles. The zero-order chi connectivity index (χ0) is 23.7. The van der Waals surface area contributed by atoms with E-state index in [2.05, 4.69) is 47.9 Å². The van der Waals surface area contributed by atoms with Gasteiger partial charge in [0.05, 0.1) is 17.8 Å². The number of anilines is 1. The minimum atomic E-state index is -0.523. The highest BCUT2D eigenvalue weighted by atomic mass is 35.5. The van der Waals surface area contributed by atoms with Crippen LogP contribution in [0.1, 0.15) is 63.0 Å².